The summed E-state index contributed by atoms with van der Waals surface area (Å²) >= 11 is 0. The highest BCUT2D eigenvalue weighted by molar-refractivity contribution is 6.18. The summed E-state index contributed by atoms with van der Waals surface area (Å²) in [6.45, 7) is 3.42. The summed E-state index contributed by atoms with van der Waals surface area (Å²) in [5, 5.41) is 0. The zero-order chi connectivity index (χ0) is 20.4. The van der Waals surface area contributed by atoms with Crippen molar-refractivity contribution in [2.24, 2.45) is 11.3 Å². The highest BCUT2D eigenvalue weighted by Gasteiger charge is 2.63. The lowest BCUT2D eigenvalue weighted by Gasteiger charge is -2.30. The smallest absolute Gasteiger partial charge is 0.330 e. The topological polar surface area (TPSA) is 78.9 Å². The summed E-state index contributed by atoms with van der Waals surface area (Å²) in [6, 6.07) is 0. The van der Waals surface area contributed by atoms with Gasteiger partial charge in [-0.1, -0.05) is 45.1 Å². The number of Topliss-reactive ketones (excluding diaryl/α,β-unsaturated/α-hetero) is 2. The maximum absolute atomic E-state index is 13.4. The van der Waals surface area contributed by atoms with E-state index >= 15 is 0 Å². The Morgan fingerprint density at radius 1 is 0.897 bits per heavy atom. The number of ether oxygens (including phenoxy) is 3. The second-order valence-electron chi connectivity index (χ2n) is 9.09. The fourth-order valence-electron chi connectivity index (χ4n) is 5.68. The fourth-order valence-corrected chi connectivity index (χ4v) is 5.68. The van der Waals surface area contributed by atoms with Gasteiger partial charge in [-0.05, 0) is 38.5 Å². The van der Waals surface area contributed by atoms with Gasteiger partial charge in [0.25, 0.3) is 0 Å². The van der Waals surface area contributed by atoms with Crippen molar-refractivity contribution in [2.45, 2.75) is 102 Å². The van der Waals surface area contributed by atoms with Crippen LogP contribution in [0.15, 0.2) is 12.7 Å². The number of carbonyl (C=O) groups excluding carboxylic acids is 3. The van der Waals surface area contributed by atoms with Gasteiger partial charge in [0.05, 0.1) is 11.5 Å². The summed E-state index contributed by atoms with van der Waals surface area (Å²) in [7, 11) is 0. The molecule has 0 radical (unpaired) electrons. The number of hydrogen-bond donors (Lipinski definition) is 0. The van der Waals surface area contributed by atoms with Gasteiger partial charge in [0.1, 0.15) is 0 Å². The van der Waals surface area contributed by atoms with Crippen LogP contribution in [0.1, 0.15) is 77.0 Å². The average molecular weight is 405 g/mol. The molecule has 3 unspecified atom stereocenters. The molecule has 0 aromatic carbocycles. The summed E-state index contributed by atoms with van der Waals surface area (Å²) in [5.41, 5.74) is -1.05. The molecule has 0 N–H and O–H groups in total. The maximum Gasteiger partial charge on any atom is 0.330 e. The van der Waals surface area contributed by atoms with Crippen molar-refractivity contribution in [2.75, 3.05) is 0 Å². The maximum atomic E-state index is 13.4. The molecular weight excluding hydrogens is 372 g/mol. The highest BCUT2D eigenvalue weighted by atomic mass is 16.7. The molecule has 0 amide bonds. The zero-order valence-electron chi connectivity index (χ0n) is 17.1. The molecule has 0 bridgehead atoms. The van der Waals surface area contributed by atoms with Gasteiger partial charge >= 0.3 is 5.97 Å². The third-order valence-electron chi connectivity index (χ3n) is 7.30. The Labute approximate surface area is 172 Å². The lowest BCUT2D eigenvalue weighted by molar-refractivity contribution is -0.227. The monoisotopic (exact) mass is 404 g/mol. The van der Waals surface area contributed by atoms with Crippen molar-refractivity contribution >= 4 is 17.5 Å². The lowest BCUT2D eigenvalue weighted by Crippen LogP contribution is -2.42. The zero-order valence-corrected chi connectivity index (χ0v) is 17.1. The SMILES string of the molecule is C=CC(=O)OC1C(=O)C2(CCCC2)C(=O)C1OC(OC1CCCC1)C1CCCC1. The van der Waals surface area contributed by atoms with Crippen molar-refractivity contribution in [1.82, 2.24) is 0 Å². The molecule has 1 spiro atoms. The molecule has 4 rings (SSSR count). The third-order valence-corrected chi connectivity index (χ3v) is 7.30. The minimum absolute atomic E-state index is 0.141. The van der Waals surface area contributed by atoms with E-state index in [0.29, 0.717) is 12.8 Å². The second kappa shape index (κ2) is 8.68. The van der Waals surface area contributed by atoms with Crippen molar-refractivity contribution in [3.63, 3.8) is 0 Å². The molecule has 0 aromatic rings. The predicted octanol–water partition coefficient (Wildman–Crippen LogP) is 3.66. The van der Waals surface area contributed by atoms with Crippen molar-refractivity contribution in [3.8, 4) is 0 Å². The van der Waals surface area contributed by atoms with E-state index in [-0.39, 0.29) is 23.6 Å². The van der Waals surface area contributed by atoms with Gasteiger partial charge in [-0.15, -0.1) is 0 Å². The molecule has 6 heteroatoms. The van der Waals surface area contributed by atoms with E-state index in [1.807, 2.05) is 0 Å². The molecule has 0 heterocycles. The van der Waals surface area contributed by atoms with Crippen LogP contribution < -0.4 is 0 Å². The minimum atomic E-state index is -1.19. The third kappa shape index (κ3) is 3.93. The standard InChI is InChI=1S/C23H32O6/c1-2-17(24)28-18-19(21(26)23(20(18)25)13-7-8-14-23)29-22(15-9-3-4-10-15)27-16-11-5-6-12-16/h2,15-16,18-19,22H,1,3-14H2. The number of ketones is 2. The van der Waals surface area contributed by atoms with Gasteiger partial charge in [0.2, 0.25) is 0 Å². The fraction of sp³-hybridized carbons (Fsp3) is 0.783. The summed E-state index contributed by atoms with van der Waals surface area (Å²) in [4.78, 5) is 38.5. The molecule has 29 heavy (non-hydrogen) atoms. The first-order chi connectivity index (χ1) is 14.0. The molecule has 0 saturated heterocycles. The van der Waals surface area contributed by atoms with Crippen LogP contribution in [0, 0.1) is 11.3 Å². The van der Waals surface area contributed by atoms with Crippen LogP contribution in [0.2, 0.25) is 0 Å². The average Bonchev–Trinajstić information content (AvgIpc) is 3.51. The molecule has 4 fully saturated rings. The van der Waals surface area contributed by atoms with Crippen LogP contribution in [0.3, 0.4) is 0 Å². The Hall–Kier alpha value is -1.53. The quantitative estimate of drug-likeness (QED) is 0.279. The Morgan fingerprint density at radius 2 is 1.48 bits per heavy atom. The van der Waals surface area contributed by atoms with Crippen LogP contribution in [0.5, 0.6) is 0 Å². The molecule has 0 aliphatic heterocycles. The van der Waals surface area contributed by atoms with E-state index in [0.717, 1.165) is 70.3 Å². The molecule has 3 atom stereocenters. The Morgan fingerprint density at radius 3 is 2.10 bits per heavy atom. The van der Waals surface area contributed by atoms with Gasteiger partial charge in [-0.3, -0.25) is 9.59 Å². The molecule has 0 aromatic heterocycles. The van der Waals surface area contributed by atoms with E-state index in [2.05, 4.69) is 6.58 Å². The number of hydrogen-bond acceptors (Lipinski definition) is 6. The van der Waals surface area contributed by atoms with Gasteiger partial charge in [0, 0.05) is 12.0 Å². The molecule has 160 valence electrons. The van der Waals surface area contributed by atoms with Gasteiger partial charge in [0.15, 0.2) is 30.1 Å². The van der Waals surface area contributed by atoms with Crippen molar-refractivity contribution < 1.29 is 28.6 Å². The second-order valence-corrected chi connectivity index (χ2v) is 9.09. The van der Waals surface area contributed by atoms with Gasteiger partial charge in [-0.2, -0.15) is 0 Å². The molecular formula is C23H32O6. The van der Waals surface area contributed by atoms with E-state index in [1.165, 1.54) is 0 Å². The van der Waals surface area contributed by atoms with Crippen LogP contribution in [-0.2, 0) is 28.6 Å². The number of esters is 1. The Balaban J connectivity index is 1.57. The predicted molar refractivity (Wildman–Crippen MR) is 105 cm³/mol. The first-order valence-electron chi connectivity index (χ1n) is 11.3. The Kier molecular flexibility index (Phi) is 6.21. The molecule has 6 nitrogen and oxygen atoms in total. The molecule has 4 aliphatic rings. The summed E-state index contributed by atoms with van der Waals surface area (Å²) in [6.07, 6.45) is 9.60. The molecule has 4 saturated carbocycles. The van der Waals surface area contributed by atoms with Crippen molar-refractivity contribution in [3.05, 3.63) is 12.7 Å². The van der Waals surface area contributed by atoms with E-state index in [1.54, 1.807) is 0 Å². The number of carbonyl (C=O) groups is 3. The first-order valence-corrected chi connectivity index (χ1v) is 11.3. The number of rotatable bonds is 7. The molecule has 4 aliphatic carbocycles. The van der Waals surface area contributed by atoms with Crippen LogP contribution in [0.4, 0.5) is 0 Å². The summed E-state index contributed by atoms with van der Waals surface area (Å²) in [5.74, 6) is -1.01. The van der Waals surface area contributed by atoms with Crippen molar-refractivity contribution in [1.29, 1.82) is 0 Å². The minimum Gasteiger partial charge on any atom is -0.448 e. The highest BCUT2D eigenvalue weighted by Crippen LogP contribution is 2.48. The van der Waals surface area contributed by atoms with Crippen LogP contribution >= 0.6 is 0 Å². The normalized spacial score (nSPS) is 31.0. The Bertz CT molecular complexity index is 652. The van der Waals surface area contributed by atoms with E-state index < -0.39 is 29.9 Å². The van der Waals surface area contributed by atoms with Gasteiger partial charge < -0.3 is 14.2 Å². The van der Waals surface area contributed by atoms with Gasteiger partial charge in [-0.25, -0.2) is 4.79 Å². The van der Waals surface area contributed by atoms with E-state index in [9.17, 15) is 14.4 Å². The van der Waals surface area contributed by atoms with E-state index in [4.69, 9.17) is 14.2 Å². The summed E-state index contributed by atoms with van der Waals surface area (Å²) < 4.78 is 18.0. The van der Waals surface area contributed by atoms with Crippen LogP contribution in [-0.4, -0.2) is 42.1 Å². The first kappa shape index (κ1) is 20.7. The largest absolute Gasteiger partial charge is 0.448 e. The lowest BCUT2D eigenvalue weighted by atomic mass is 9.82. The van der Waals surface area contributed by atoms with Crippen LogP contribution in [0.25, 0.3) is 0 Å².